The topological polar surface area (TPSA) is 66.9 Å². The number of carbonyl (C=O) groups excluding carboxylic acids is 1. The zero-order valence-corrected chi connectivity index (χ0v) is 14.2. The molecule has 24 heavy (non-hydrogen) atoms. The van der Waals surface area contributed by atoms with Crippen molar-refractivity contribution in [3.05, 3.63) is 52.2 Å². The number of rotatable bonds is 4. The Balaban J connectivity index is 1.63. The van der Waals surface area contributed by atoms with E-state index in [1.54, 1.807) is 20.0 Å². The lowest BCUT2D eigenvalue weighted by atomic mass is 9.78. The van der Waals surface area contributed by atoms with Crippen LogP contribution in [0.5, 0.6) is 0 Å². The first-order valence-corrected chi connectivity index (χ1v) is 8.12. The normalized spacial score (nSPS) is 19.5. The van der Waals surface area contributed by atoms with Crippen molar-refractivity contribution in [2.24, 2.45) is 0 Å². The Morgan fingerprint density at radius 1 is 1.33 bits per heavy atom. The molecular formula is C17H18ClFN4O. The molecule has 5 nitrogen and oxygen atoms in total. The van der Waals surface area contributed by atoms with Crippen LogP contribution in [0.2, 0.25) is 5.02 Å². The molecule has 0 radical (unpaired) electrons. The van der Waals surface area contributed by atoms with Gasteiger partial charge >= 0.3 is 0 Å². The molecule has 0 spiro atoms. The second-order valence-electron chi connectivity index (χ2n) is 5.97. The third-order valence-corrected chi connectivity index (χ3v) is 4.83. The predicted molar refractivity (Wildman–Crippen MR) is 91.0 cm³/mol. The molecule has 1 aromatic carbocycles. The van der Waals surface area contributed by atoms with Crippen molar-refractivity contribution in [2.45, 2.75) is 31.7 Å². The highest BCUT2D eigenvalue weighted by molar-refractivity contribution is 6.34. The van der Waals surface area contributed by atoms with E-state index in [0.717, 1.165) is 24.4 Å². The fourth-order valence-corrected chi connectivity index (χ4v) is 3.07. The van der Waals surface area contributed by atoms with Crippen molar-refractivity contribution < 1.29 is 9.18 Å². The number of benzene rings is 1. The van der Waals surface area contributed by atoms with Crippen LogP contribution < -0.4 is 10.6 Å². The number of aromatic nitrogens is 2. The molecule has 2 aromatic rings. The summed E-state index contributed by atoms with van der Waals surface area (Å²) >= 11 is 6.07. The number of hydrogen-bond donors (Lipinski definition) is 2. The van der Waals surface area contributed by atoms with Gasteiger partial charge in [0.15, 0.2) is 0 Å². The Bertz CT molecular complexity index is 777. The monoisotopic (exact) mass is 348 g/mol. The number of nitrogens with zero attached hydrogens (tertiary/aromatic N) is 2. The first kappa shape index (κ1) is 16.6. The number of aryl methyl sites for hydroxylation is 1. The minimum atomic E-state index is -0.603. The Kier molecular flexibility index (Phi) is 4.66. The van der Waals surface area contributed by atoms with Crippen LogP contribution in [0.4, 0.5) is 10.2 Å². The highest BCUT2D eigenvalue weighted by Gasteiger charge is 2.33. The van der Waals surface area contributed by atoms with Crippen molar-refractivity contribution in [1.82, 2.24) is 15.3 Å². The summed E-state index contributed by atoms with van der Waals surface area (Å²) in [5.41, 5.74) is 1.54. The average molecular weight is 349 g/mol. The number of halogens is 2. The highest BCUT2D eigenvalue weighted by atomic mass is 35.5. The minimum absolute atomic E-state index is 0.00789. The molecular weight excluding hydrogens is 331 g/mol. The summed E-state index contributed by atoms with van der Waals surface area (Å²) in [6, 6.07) is 4.72. The number of carbonyl (C=O) groups is 1. The van der Waals surface area contributed by atoms with E-state index < -0.39 is 11.7 Å². The first-order valence-electron chi connectivity index (χ1n) is 7.74. The molecule has 0 bridgehead atoms. The van der Waals surface area contributed by atoms with Gasteiger partial charge in [-0.25, -0.2) is 14.4 Å². The largest absolute Gasteiger partial charge is 0.373 e. The highest BCUT2D eigenvalue weighted by Crippen LogP contribution is 2.36. The van der Waals surface area contributed by atoms with Gasteiger partial charge in [-0.3, -0.25) is 4.79 Å². The van der Waals surface area contributed by atoms with Crippen LogP contribution in [-0.2, 0) is 0 Å². The van der Waals surface area contributed by atoms with Crippen LogP contribution in [0, 0.1) is 12.7 Å². The molecule has 1 amide bonds. The minimum Gasteiger partial charge on any atom is -0.373 e. The molecule has 1 fully saturated rings. The van der Waals surface area contributed by atoms with Crippen LogP contribution in [0.3, 0.4) is 0 Å². The molecule has 0 unspecified atom stereocenters. The molecule has 1 saturated carbocycles. The number of nitrogens with one attached hydrogen (secondary N) is 2. The van der Waals surface area contributed by atoms with Crippen molar-refractivity contribution >= 4 is 23.3 Å². The van der Waals surface area contributed by atoms with Gasteiger partial charge in [0.2, 0.25) is 0 Å². The number of amides is 1. The van der Waals surface area contributed by atoms with Gasteiger partial charge in [-0.1, -0.05) is 17.7 Å². The first-order chi connectivity index (χ1) is 11.5. The third-order valence-electron chi connectivity index (χ3n) is 4.35. The van der Waals surface area contributed by atoms with Gasteiger partial charge < -0.3 is 10.6 Å². The zero-order valence-electron chi connectivity index (χ0n) is 13.4. The molecule has 1 aliphatic carbocycles. The maximum atomic E-state index is 13.9. The Hall–Kier alpha value is -2.21. The lowest BCUT2D eigenvalue weighted by Gasteiger charge is -2.35. The predicted octanol–water partition coefficient (Wildman–Crippen LogP) is 3.30. The van der Waals surface area contributed by atoms with Gasteiger partial charge in [0, 0.05) is 30.8 Å². The summed E-state index contributed by atoms with van der Waals surface area (Å²) < 4.78 is 13.9. The lowest BCUT2D eigenvalue weighted by Crippen LogP contribution is -2.44. The SMILES string of the molecule is CNc1cc(C2CC(NC(=O)c3c(F)ccc(C)c3Cl)C2)ncn1. The van der Waals surface area contributed by atoms with E-state index >= 15 is 0 Å². The van der Waals surface area contributed by atoms with Crippen molar-refractivity contribution in [1.29, 1.82) is 0 Å². The van der Waals surface area contributed by atoms with E-state index in [0.29, 0.717) is 5.56 Å². The molecule has 1 heterocycles. The Labute approximate surface area is 144 Å². The van der Waals surface area contributed by atoms with Gasteiger partial charge in [-0.2, -0.15) is 0 Å². The molecule has 1 aliphatic rings. The van der Waals surface area contributed by atoms with Crippen LogP contribution in [0.1, 0.15) is 40.4 Å². The molecule has 126 valence electrons. The Morgan fingerprint density at radius 2 is 2.08 bits per heavy atom. The summed E-state index contributed by atoms with van der Waals surface area (Å²) in [6.07, 6.45) is 3.04. The Morgan fingerprint density at radius 3 is 2.79 bits per heavy atom. The van der Waals surface area contributed by atoms with Gasteiger partial charge in [0.25, 0.3) is 5.91 Å². The number of anilines is 1. The van der Waals surface area contributed by atoms with Crippen LogP contribution >= 0.6 is 11.6 Å². The maximum Gasteiger partial charge on any atom is 0.256 e. The summed E-state index contributed by atoms with van der Waals surface area (Å²) in [7, 11) is 1.80. The molecule has 2 N–H and O–H groups in total. The molecule has 3 rings (SSSR count). The summed E-state index contributed by atoms with van der Waals surface area (Å²) in [4.78, 5) is 20.7. The maximum absolute atomic E-state index is 13.9. The van der Waals surface area contributed by atoms with E-state index in [2.05, 4.69) is 20.6 Å². The molecule has 0 aliphatic heterocycles. The van der Waals surface area contributed by atoms with Crippen molar-refractivity contribution in [3.8, 4) is 0 Å². The standard InChI is InChI=1S/C17H18ClFN4O/c1-9-3-4-12(19)15(16(9)18)17(24)23-11-5-10(6-11)13-7-14(20-2)22-8-21-13/h3-4,7-8,10-11H,5-6H2,1-2H3,(H,23,24)(H,20,21,22). The smallest absolute Gasteiger partial charge is 0.256 e. The van der Waals surface area contributed by atoms with E-state index in [4.69, 9.17) is 11.6 Å². The van der Waals surface area contributed by atoms with Crippen LogP contribution in [0.15, 0.2) is 24.5 Å². The molecule has 7 heteroatoms. The molecule has 0 saturated heterocycles. The lowest BCUT2D eigenvalue weighted by molar-refractivity contribution is 0.0904. The third kappa shape index (κ3) is 3.19. The van der Waals surface area contributed by atoms with Crippen LogP contribution in [-0.4, -0.2) is 29.0 Å². The van der Waals surface area contributed by atoms with Crippen molar-refractivity contribution in [2.75, 3.05) is 12.4 Å². The number of hydrogen-bond acceptors (Lipinski definition) is 4. The van der Waals surface area contributed by atoms with Crippen LogP contribution in [0.25, 0.3) is 0 Å². The van der Waals surface area contributed by atoms with E-state index in [1.807, 2.05) is 6.07 Å². The van der Waals surface area contributed by atoms with Crippen molar-refractivity contribution in [3.63, 3.8) is 0 Å². The molecule has 0 atom stereocenters. The fraction of sp³-hybridized carbons (Fsp3) is 0.353. The summed E-state index contributed by atoms with van der Waals surface area (Å²) in [5, 5.41) is 5.99. The quantitative estimate of drug-likeness (QED) is 0.889. The van der Waals surface area contributed by atoms with Gasteiger partial charge in [0.05, 0.1) is 10.6 Å². The average Bonchev–Trinajstić information content (AvgIpc) is 2.54. The van der Waals surface area contributed by atoms with E-state index in [1.165, 1.54) is 12.4 Å². The van der Waals surface area contributed by atoms with Gasteiger partial charge in [0.1, 0.15) is 18.0 Å². The summed E-state index contributed by atoms with van der Waals surface area (Å²) in [5.74, 6) is -0.0407. The molecule has 1 aromatic heterocycles. The van der Waals surface area contributed by atoms with E-state index in [9.17, 15) is 9.18 Å². The zero-order chi connectivity index (χ0) is 17.3. The second kappa shape index (κ2) is 6.73. The van der Waals surface area contributed by atoms with Gasteiger partial charge in [-0.15, -0.1) is 0 Å². The summed E-state index contributed by atoms with van der Waals surface area (Å²) in [6.45, 7) is 1.74. The van der Waals surface area contributed by atoms with Gasteiger partial charge in [-0.05, 0) is 31.4 Å². The van der Waals surface area contributed by atoms with E-state index in [-0.39, 0.29) is 22.5 Å². The fourth-order valence-electron chi connectivity index (χ4n) is 2.83. The second-order valence-corrected chi connectivity index (χ2v) is 6.35.